The molecule has 2 rings (SSSR count). The van der Waals surface area contributed by atoms with Crippen LogP contribution in [0.15, 0.2) is 18.2 Å². The highest BCUT2D eigenvalue weighted by molar-refractivity contribution is 6.31. The molecule has 0 amide bonds. The lowest BCUT2D eigenvalue weighted by Crippen LogP contribution is -2.44. The molecular formula is C14H21ClN2O. The number of nitrogens with one attached hydrogen (secondary N) is 1. The van der Waals surface area contributed by atoms with Crippen molar-refractivity contribution in [3.8, 4) is 5.75 Å². The number of halogens is 1. The molecule has 4 heteroatoms. The zero-order valence-corrected chi connectivity index (χ0v) is 11.7. The minimum Gasteiger partial charge on any atom is -0.494 e. The van der Waals surface area contributed by atoms with Crippen LogP contribution in [-0.4, -0.2) is 44.2 Å². The molecule has 1 N–H and O–H groups in total. The third-order valence-corrected chi connectivity index (χ3v) is 3.59. The Hall–Kier alpha value is -0.770. The summed E-state index contributed by atoms with van der Waals surface area (Å²) in [7, 11) is 0. The van der Waals surface area contributed by atoms with Crippen molar-refractivity contribution in [3.63, 3.8) is 0 Å². The SMILES string of the molecule is CCOc1ccc(CCN2CCNCC2)c(Cl)c1. The molecule has 1 aromatic carbocycles. The fraction of sp³-hybridized carbons (Fsp3) is 0.571. The van der Waals surface area contributed by atoms with Gasteiger partial charge in [0.25, 0.3) is 0 Å². The van der Waals surface area contributed by atoms with Gasteiger partial charge in [0, 0.05) is 37.7 Å². The molecule has 1 aliphatic heterocycles. The maximum atomic E-state index is 6.27. The number of hydrogen-bond acceptors (Lipinski definition) is 3. The summed E-state index contributed by atoms with van der Waals surface area (Å²) in [5, 5.41) is 4.18. The molecule has 1 saturated heterocycles. The highest BCUT2D eigenvalue weighted by atomic mass is 35.5. The average Bonchev–Trinajstić information content (AvgIpc) is 2.39. The molecular weight excluding hydrogens is 248 g/mol. The summed E-state index contributed by atoms with van der Waals surface area (Å²) in [4.78, 5) is 2.48. The van der Waals surface area contributed by atoms with Crippen LogP contribution in [0.3, 0.4) is 0 Å². The second kappa shape index (κ2) is 6.98. The normalized spacial score (nSPS) is 16.8. The van der Waals surface area contributed by atoms with Crippen LogP contribution in [0, 0.1) is 0 Å². The molecule has 0 spiro atoms. The molecule has 0 atom stereocenters. The monoisotopic (exact) mass is 268 g/mol. The van der Waals surface area contributed by atoms with Gasteiger partial charge in [0.1, 0.15) is 5.75 Å². The summed E-state index contributed by atoms with van der Waals surface area (Å²) in [5.41, 5.74) is 1.21. The van der Waals surface area contributed by atoms with Gasteiger partial charge in [-0.1, -0.05) is 17.7 Å². The number of hydrogen-bond donors (Lipinski definition) is 1. The predicted octanol–water partition coefficient (Wildman–Crippen LogP) is 2.19. The maximum Gasteiger partial charge on any atom is 0.120 e. The summed E-state index contributed by atoms with van der Waals surface area (Å²) < 4.78 is 5.43. The Morgan fingerprint density at radius 1 is 1.33 bits per heavy atom. The van der Waals surface area contributed by atoms with Crippen LogP contribution in [0.1, 0.15) is 12.5 Å². The van der Waals surface area contributed by atoms with Gasteiger partial charge in [-0.2, -0.15) is 0 Å². The van der Waals surface area contributed by atoms with Gasteiger partial charge in [0.2, 0.25) is 0 Å². The first-order valence-corrected chi connectivity index (χ1v) is 7.01. The molecule has 100 valence electrons. The largest absolute Gasteiger partial charge is 0.494 e. The average molecular weight is 269 g/mol. The third-order valence-electron chi connectivity index (χ3n) is 3.24. The van der Waals surface area contributed by atoms with Crippen molar-refractivity contribution in [1.82, 2.24) is 10.2 Å². The van der Waals surface area contributed by atoms with Gasteiger partial charge < -0.3 is 15.0 Å². The Morgan fingerprint density at radius 2 is 2.11 bits per heavy atom. The molecule has 0 radical (unpaired) electrons. The Labute approximate surface area is 114 Å². The van der Waals surface area contributed by atoms with E-state index in [1.807, 2.05) is 19.1 Å². The van der Waals surface area contributed by atoms with Crippen LogP contribution in [0.25, 0.3) is 0 Å². The topological polar surface area (TPSA) is 24.5 Å². The molecule has 3 nitrogen and oxygen atoms in total. The fourth-order valence-electron chi connectivity index (χ4n) is 2.20. The Bertz CT molecular complexity index is 378. The second-order valence-electron chi connectivity index (χ2n) is 4.53. The van der Waals surface area contributed by atoms with E-state index in [0.717, 1.165) is 49.9 Å². The van der Waals surface area contributed by atoms with E-state index >= 15 is 0 Å². The Balaban J connectivity index is 1.88. The lowest BCUT2D eigenvalue weighted by molar-refractivity contribution is 0.244. The quantitative estimate of drug-likeness (QED) is 0.886. The van der Waals surface area contributed by atoms with Crippen LogP contribution in [0.4, 0.5) is 0 Å². The molecule has 0 aromatic heterocycles. The Morgan fingerprint density at radius 3 is 2.78 bits per heavy atom. The van der Waals surface area contributed by atoms with Gasteiger partial charge in [-0.15, -0.1) is 0 Å². The van der Waals surface area contributed by atoms with Crippen molar-refractivity contribution in [2.75, 3.05) is 39.3 Å². The smallest absolute Gasteiger partial charge is 0.120 e. The van der Waals surface area contributed by atoms with Crippen LogP contribution in [0.5, 0.6) is 5.75 Å². The van der Waals surface area contributed by atoms with E-state index in [1.54, 1.807) is 0 Å². The van der Waals surface area contributed by atoms with Crippen molar-refractivity contribution >= 4 is 11.6 Å². The van der Waals surface area contributed by atoms with E-state index in [9.17, 15) is 0 Å². The number of rotatable bonds is 5. The minimum atomic E-state index is 0.677. The van der Waals surface area contributed by atoms with Crippen LogP contribution >= 0.6 is 11.6 Å². The first kappa shape index (κ1) is 13.7. The zero-order valence-electron chi connectivity index (χ0n) is 10.9. The molecule has 0 aliphatic carbocycles. The lowest BCUT2D eigenvalue weighted by atomic mass is 10.1. The van der Waals surface area contributed by atoms with Crippen molar-refractivity contribution in [2.45, 2.75) is 13.3 Å². The first-order valence-electron chi connectivity index (χ1n) is 6.64. The number of piperazine rings is 1. The first-order chi connectivity index (χ1) is 8.79. The highest BCUT2D eigenvalue weighted by Crippen LogP contribution is 2.23. The highest BCUT2D eigenvalue weighted by Gasteiger charge is 2.10. The van der Waals surface area contributed by atoms with Crippen LogP contribution < -0.4 is 10.1 Å². The summed E-state index contributed by atoms with van der Waals surface area (Å²) >= 11 is 6.27. The summed E-state index contributed by atoms with van der Waals surface area (Å²) in [6.07, 6.45) is 1.01. The van der Waals surface area contributed by atoms with Gasteiger partial charge in [-0.05, 0) is 31.0 Å². The maximum absolute atomic E-state index is 6.27. The second-order valence-corrected chi connectivity index (χ2v) is 4.94. The molecule has 0 saturated carbocycles. The lowest BCUT2D eigenvalue weighted by Gasteiger charge is -2.27. The Kier molecular flexibility index (Phi) is 5.29. The van der Waals surface area contributed by atoms with Crippen molar-refractivity contribution in [3.05, 3.63) is 28.8 Å². The minimum absolute atomic E-state index is 0.677. The fourth-order valence-corrected chi connectivity index (χ4v) is 2.47. The summed E-state index contributed by atoms with van der Waals surface area (Å²) in [5.74, 6) is 0.855. The van der Waals surface area contributed by atoms with E-state index in [2.05, 4.69) is 16.3 Å². The molecule has 1 fully saturated rings. The predicted molar refractivity (Wildman–Crippen MR) is 75.6 cm³/mol. The number of ether oxygens (including phenoxy) is 1. The van der Waals surface area contributed by atoms with Gasteiger partial charge in [-0.25, -0.2) is 0 Å². The summed E-state index contributed by atoms with van der Waals surface area (Å²) in [6.45, 7) is 8.19. The molecule has 0 bridgehead atoms. The van der Waals surface area contributed by atoms with E-state index in [1.165, 1.54) is 5.56 Å². The number of nitrogens with zero attached hydrogens (tertiary/aromatic N) is 1. The molecule has 18 heavy (non-hydrogen) atoms. The third kappa shape index (κ3) is 3.87. The van der Waals surface area contributed by atoms with Gasteiger partial charge >= 0.3 is 0 Å². The van der Waals surface area contributed by atoms with Gasteiger partial charge in [0.15, 0.2) is 0 Å². The van der Waals surface area contributed by atoms with E-state index < -0.39 is 0 Å². The van der Waals surface area contributed by atoms with Crippen LogP contribution in [0.2, 0.25) is 5.02 Å². The number of benzene rings is 1. The standard InChI is InChI=1S/C14H21ClN2O/c1-2-18-13-4-3-12(14(15)11-13)5-8-17-9-6-16-7-10-17/h3-4,11,16H,2,5-10H2,1H3. The van der Waals surface area contributed by atoms with E-state index in [4.69, 9.17) is 16.3 Å². The van der Waals surface area contributed by atoms with Gasteiger partial charge in [-0.3, -0.25) is 0 Å². The van der Waals surface area contributed by atoms with Crippen LogP contribution in [-0.2, 0) is 6.42 Å². The molecule has 0 unspecified atom stereocenters. The van der Waals surface area contributed by atoms with Crippen molar-refractivity contribution in [2.24, 2.45) is 0 Å². The molecule has 1 aliphatic rings. The van der Waals surface area contributed by atoms with E-state index in [-0.39, 0.29) is 0 Å². The van der Waals surface area contributed by atoms with Gasteiger partial charge in [0.05, 0.1) is 6.61 Å². The van der Waals surface area contributed by atoms with Crippen molar-refractivity contribution in [1.29, 1.82) is 0 Å². The van der Waals surface area contributed by atoms with E-state index in [0.29, 0.717) is 6.61 Å². The zero-order chi connectivity index (χ0) is 12.8. The summed E-state index contributed by atoms with van der Waals surface area (Å²) in [6, 6.07) is 6.00. The van der Waals surface area contributed by atoms with Crippen molar-refractivity contribution < 1.29 is 4.74 Å². The molecule has 1 heterocycles. The molecule has 1 aromatic rings.